The van der Waals surface area contributed by atoms with Crippen molar-refractivity contribution in [3.8, 4) is 0 Å². The minimum Gasteiger partial charge on any atom is -0.467 e. The highest BCUT2D eigenvalue weighted by atomic mass is 79.9. The Bertz CT molecular complexity index is 2310. The van der Waals surface area contributed by atoms with Crippen molar-refractivity contribution in [1.82, 2.24) is 20.6 Å². The van der Waals surface area contributed by atoms with Crippen LogP contribution in [0.5, 0.6) is 0 Å². The van der Waals surface area contributed by atoms with E-state index in [1.54, 1.807) is 12.2 Å². The minimum absolute atomic E-state index is 0. The molecule has 16 nitrogen and oxygen atoms in total. The molecule has 2 unspecified atom stereocenters. The second-order valence-corrected chi connectivity index (χ2v) is 18.0. The monoisotopic (exact) mass is 980 g/mol. The number of benzene rings is 2. The normalized spacial score (nSPS) is 19.3. The Morgan fingerprint density at radius 3 is 1.58 bits per heavy atom. The predicted octanol–water partition coefficient (Wildman–Crippen LogP) is 9.14. The fourth-order valence-corrected chi connectivity index (χ4v) is 6.58. The number of amides is 2. The molecule has 4 atom stereocenters. The van der Waals surface area contributed by atoms with Gasteiger partial charge in [0.2, 0.25) is 11.2 Å². The van der Waals surface area contributed by atoms with Crippen LogP contribution in [0.4, 0.5) is 9.59 Å². The SMILES string of the molecule is C.C=CC1(C(=O)OC)COCCO1.COC(=O)C1(/C=C/c2ccc3ccc([C@@H](C)NC(=O)OC(C)(C)C)nc3c2)COCCO1.C[C@@H](NC(=O)OC(C)(C)C)c1ccc2ccc(Br)cc2n1. The van der Waals surface area contributed by atoms with Crippen molar-refractivity contribution in [3.05, 3.63) is 101 Å². The third-order valence-corrected chi connectivity index (χ3v) is 10.0. The van der Waals surface area contributed by atoms with Crippen LogP contribution in [0.25, 0.3) is 27.9 Å². The van der Waals surface area contributed by atoms with Crippen LogP contribution in [-0.4, -0.2) is 110 Å². The van der Waals surface area contributed by atoms with Gasteiger partial charge in [-0.25, -0.2) is 19.2 Å². The highest BCUT2D eigenvalue weighted by Crippen LogP contribution is 2.25. The van der Waals surface area contributed by atoms with Crippen molar-refractivity contribution in [3.63, 3.8) is 0 Å². The third-order valence-electron chi connectivity index (χ3n) is 9.51. The van der Waals surface area contributed by atoms with Crippen LogP contribution in [0.15, 0.2) is 83.9 Å². The topological polar surface area (TPSA) is 192 Å². The zero-order valence-electron chi connectivity index (χ0n) is 38.8. The smallest absolute Gasteiger partial charge is 0.408 e. The lowest BCUT2D eigenvalue weighted by molar-refractivity contribution is -0.185. The molecule has 2 aromatic carbocycles. The number of ether oxygens (including phenoxy) is 8. The molecule has 17 heteroatoms. The van der Waals surface area contributed by atoms with E-state index in [4.69, 9.17) is 38.1 Å². The van der Waals surface area contributed by atoms with Crippen molar-refractivity contribution in [2.75, 3.05) is 53.9 Å². The van der Waals surface area contributed by atoms with E-state index in [0.717, 1.165) is 37.5 Å². The molecule has 2 aromatic heterocycles. The maximum absolute atomic E-state index is 12.3. The first-order chi connectivity index (χ1) is 30.6. The first kappa shape index (κ1) is 54.9. The van der Waals surface area contributed by atoms with Crippen molar-refractivity contribution in [2.45, 2.75) is 97.3 Å². The number of hydrogen-bond acceptors (Lipinski definition) is 14. The predicted molar refractivity (Wildman–Crippen MR) is 256 cm³/mol. The van der Waals surface area contributed by atoms with Crippen molar-refractivity contribution < 1.29 is 57.1 Å². The van der Waals surface area contributed by atoms with Gasteiger partial charge in [0.25, 0.3) is 0 Å². The minimum atomic E-state index is -1.26. The standard InChI is InChI=1S/C24H30N2O6.C16H19BrN2O2.C8H12O4.CH4/c1-16(25-22(28)32-23(2,3)4)19-9-8-18-7-6-17(14-20(18)26-19)10-11-24(21(27)29-5)15-30-12-13-31-24;1-10(18-15(20)21-16(2,3)4)13-8-6-11-5-7-12(17)9-14(11)19-13;1-3-8(7(9)10-2)6-11-4-5-12-8;/h6-11,14,16H,12-13,15H2,1-5H3,(H,25,28);5-10H,1-4H3,(H,18,20);3H,1,4-6H2,2H3;1H4/b11-10+;;;/t16-,24?;10-;;/m11../s1. The summed E-state index contributed by atoms with van der Waals surface area (Å²) < 4.78 is 42.5. The molecule has 360 valence electrons. The Hall–Kier alpha value is -5.46. The summed E-state index contributed by atoms with van der Waals surface area (Å²) in [6, 6.07) is 18.9. The number of hydrogen-bond donors (Lipinski definition) is 2. The average molecular weight is 982 g/mol. The van der Waals surface area contributed by atoms with Crippen LogP contribution in [0.2, 0.25) is 0 Å². The molecular formula is C49H65BrN4O12. The van der Waals surface area contributed by atoms with Crippen LogP contribution in [-0.2, 0) is 47.5 Å². The molecule has 0 aliphatic carbocycles. The van der Waals surface area contributed by atoms with Gasteiger partial charge < -0.3 is 48.5 Å². The maximum Gasteiger partial charge on any atom is 0.408 e. The molecule has 2 N–H and O–H groups in total. The van der Waals surface area contributed by atoms with E-state index < -0.39 is 46.5 Å². The number of carbonyl (C=O) groups excluding carboxylic acids is 4. The van der Waals surface area contributed by atoms with Crippen LogP contribution >= 0.6 is 15.9 Å². The van der Waals surface area contributed by atoms with Gasteiger partial charge in [-0.05, 0) is 103 Å². The van der Waals surface area contributed by atoms with E-state index in [1.165, 1.54) is 20.3 Å². The Morgan fingerprint density at radius 1 is 0.697 bits per heavy atom. The second kappa shape index (κ2) is 24.3. The largest absolute Gasteiger partial charge is 0.467 e. The van der Waals surface area contributed by atoms with Crippen molar-refractivity contribution in [1.29, 1.82) is 0 Å². The van der Waals surface area contributed by atoms with Gasteiger partial charge in [0.05, 0.1) is 88.4 Å². The number of carbonyl (C=O) groups is 4. The van der Waals surface area contributed by atoms with Gasteiger partial charge in [0.15, 0.2) is 0 Å². The Balaban J connectivity index is 0.000000291. The fourth-order valence-electron chi connectivity index (χ4n) is 6.23. The van der Waals surface area contributed by atoms with E-state index in [-0.39, 0.29) is 32.7 Å². The molecule has 2 aliphatic rings. The number of pyridine rings is 2. The number of esters is 2. The van der Waals surface area contributed by atoms with Gasteiger partial charge in [-0.2, -0.15) is 0 Å². The number of aromatic nitrogens is 2. The van der Waals surface area contributed by atoms with E-state index in [9.17, 15) is 19.2 Å². The van der Waals surface area contributed by atoms with E-state index in [0.29, 0.717) is 32.1 Å². The van der Waals surface area contributed by atoms with Gasteiger partial charge in [-0.3, -0.25) is 9.97 Å². The van der Waals surface area contributed by atoms with Gasteiger partial charge in [-0.15, -0.1) is 0 Å². The molecule has 2 aliphatic heterocycles. The van der Waals surface area contributed by atoms with Crippen molar-refractivity contribution in [2.24, 2.45) is 0 Å². The number of nitrogens with one attached hydrogen (secondary N) is 2. The molecule has 0 bridgehead atoms. The number of halogens is 1. The molecule has 0 radical (unpaired) electrons. The number of alkyl carbamates (subject to hydrolysis) is 2. The second-order valence-electron chi connectivity index (χ2n) is 17.1. The summed E-state index contributed by atoms with van der Waals surface area (Å²) >= 11 is 3.44. The van der Waals surface area contributed by atoms with E-state index >= 15 is 0 Å². The Morgan fingerprint density at radius 2 is 1.14 bits per heavy atom. The van der Waals surface area contributed by atoms with E-state index in [1.807, 2.05) is 116 Å². The first-order valence-corrected chi connectivity index (χ1v) is 21.8. The maximum atomic E-state index is 12.3. The molecule has 66 heavy (non-hydrogen) atoms. The fraction of sp³-hybridized carbons (Fsp3) is 0.469. The van der Waals surface area contributed by atoms with Gasteiger partial charge in [-0.1, -0.05) is 66.3 Å². The number of rotatable bonds is 9. The lowest BCUT2D eigenvalue weighted by Crippen LogP contribution is -2.49. The van der Waals surface area contributed by atoms with Crippen molar-refractivity contribution >= 4 is 67.9 Å². The zero-order chi connectivity index (χ0) is 48.0. The highest BCUT2D eigenvalue weighted by molar-refractivity contribution is 9.10. The first-order valence-electron chi connectivity index (χ1n) is 21.0. The summed E-state index contributed by atoms with van der Waals surface area (Å²) in [6.07, 6.45) is 3.94. The van der Waals surface area contributed by atoms with E-state index in [2.05, 4.69) is 42.9 Å². The molecule has 0 spiro atoms. The molecule has 4 aromatic rings. The number of fused-ring (bicyclic) bond motifs is 2. The van der Waals surface area contributed by atoms with Crippen LogP contribution in [0.1, 0.15) is 91.9 Å². The van der Waals surface area contributed by atoms with Crippen LogP contribution in [0.3, 0.4) is 0 Å². The summed E-state index contributed by atoms with van der Waals surface area (Å²) in [5.41, 5.74) is 0.561. The Kier molecular flexibility index (Phi) is 20.2. The summed E-state index contributed by atoms with van der Waals surface area (Å²) in [4.78, 5) is 56.7. The Labute approximate surface area is 396 Å². The zero-order valence-corrected chi connectivity index (χ0v) is 40.4. The van der Waals surface area contributed by atoms with Gasteiger partial charge in [0, 0.05) is 15.2 Å². The summed E-state index contributed by atoms with van der Waals surface area (Å²) in [6.45, 7) is 20.1. The molecule has 0 saturated carbocycles. The molecule has 2 fully saturated rings. The molecule has 6 rings (SSSR count). The molecule has 2 saturated heterocycles. The summed E-state index contributed by atoms with van der Waals surface area (Å²) in [5.74, 6) is -0.964. The molecular weight excluding hydrogens is 916 g/mol. The van der Waals surface area contributed by atoms with Crippen LogP contribution < -0.4 is 10.6 Å². The number of nitrogens with zero attached hydrogens (tertiary/aromatic N) is 2. The highest BCUT2D eigenvalue weighted by Gasteiger charge is 2.41. The van der Waals surface area contributed by atoms with Gasteiger partial charge in [0.1, 0.15) is 11.2 Å². The summed E-state index contributed by atoms with van der Waals surface area (Å²) in [7, 11) is 2.63. The lowest BCUT2D eigenvalue weighted by atomic mass is 10.0. The molecule has 2 amide bonds. The third kappa shape index (κ3) is 16.2. The van der Waals surface area contributed by atoms with Crippen LogP contribution in [0, 0.1) is 0 Å². The van der Waals surface area contributed by atoms with Gasteiger partial charge >= 0.3 is 24.1 Å². The quantitative estimate of drug-likeness (QED) is 0.0917. The lowest BCUT2D eigenvalue weighted by Gasteiger charge is -2.31. The molecule has 4 heterocycles. The average Bonchev–Trinajstić information content (AvgIpc) is 3.26. The summed E-state index contributed by atoms with van der Waals surface area (Å²) in [5, 5.41) is 7.62. The number of methoxy groups -OCH3 is 2.